The van der Waals surface area contributed by atoms with Crippen LogP contribution in [0.1, 0.15) is 29.5 Å². The summed E-state index contributed by atoms with van der Waals surface area (Å²) < 4.78 is 35.6. The van der Waals surface area contributed by atoms with Crippen molar-refractivity contribution in [2.45, 2.75) is 31.6 Å². The van der Waals surface area contributed by atoms with E-state index in [0.717, 1.165) is 31.5 Å². The van der Waals surface area contributed by atoms with Crippen LogP contribution in [-0.2, 0) is 15.8 Å². The van der Waals surface area contributed by atoms with E-state index < -0.39 is 10.0 Å². The summed E-state index contributed by atoms with van der Waals surface area (Å²) in [5.74, 6) is 1.14. The Bertz CT molecular complexity index is 1970. The molecule has 5 aromatic rings. The average Bonchev–Trinajstić information content (AvgIpc) is 3.03. The molecule has 11 heteroatoms. The number of nitrogens with one attached hydrogen (secondary N) is 3. The number of hydrogen-bond donors (Lipinski definition) is 3. The van der Waals surface area contributed by atoms with E-state index in [0.29, 0.717) is 56.4 Å². The van der Waals surface area contributed by atoms with Crippen molar-refractivity contribution in [3.8, 4) is 29.0 Å². The Morgan fingerprint density at radius 3 is 2.73 bits per heavy atom. The van der Waals surface area contributed by atoms with Crippen molar-refractivity contribution < 1.29 is 13.2 Å². The van der Waals surface area contributed by atoms with Gasteiger partial charge in [0.15, 0.2) is 0 Å². The highest BCUT2D eigenvalue weighted by atomic mass is 32.2. The standard InChI is InChI=1S/C33H31N7O3S/c1-22-13-14-26-27(10-4-12-30(26)40-44(41,42)21-24-8-3-2-7-23(24)19-34)31(22)43-32-28(11-6-17-36-32)29-15-18-37-33(39-29)38-25-9-5-16-35-20-25/h2-4,6-8,10-15,17-18,25,35,40H,5,9,16,20-21H2,1H3,(H,37,38,39)/t25-/m0/s1. The topological polar surface area (TPSA) is 142 Å². The number of pyridine rings is 1. The Kier molecular flexibility index (Phi) is 8.36. The highest BCUT2D eigenvalue weighted by Crippen LogP contribution is 2.39. The number of benzene rings is 3. The number of fused-ring (bicyclic) bond motifs is 1. The number of sulfonamides is 1. The van der Waals surface area contributed by atoms with Crippen LogP contribution in [0.15, 0.2) is 85.2 Å². The third-order valence-corrected chi connectivity index (χ3v) is 8.71. The third-order valence-electron chi connectivity index (χ3n) is 7.49. The first-order valence-corrected chi connectivity index (χ1v) is 16.0. The van der Waals surface area contributed by atoms with E-state index in [-0.39, 0.29) is 11.8 Å². The summed E-state index contributed by atoms with van der Waals surface area (Å²) in [4.78, 5) is 13.7. The lowest BCUT2D eigenvalue weighted by Gasteiger charge is -2.23. The maximum Gasteiger partial charge on any atom is 0.236 e. The third kappa shape index (κ3) is 6.46. The van der Waals surface area contributed by atoms with E-state index in [1.807, 2.05) is 43.3 Å². The van der Waals surface area contributed by atoms with Crippen molar-refractivity contribution >= 4 is 32.4 Å². The van der Waals surface area contributed by atoms with Crippen LogP contribution in [0.4, 0.5) is 11.6 Å². The molecule has 0 bridgehead atoms. The van der Waals surface area contributed by atoms with Crippen LogP contribution in [0.5, 0.6) is 11.6 Å². The molecule has 1 atom stereocenters. The van der Waals surface area contributed by atoms with Gasteiger partial charge in [0.1, 0.15) is 5.75 Å². The Hall–Kier alpha value is -5.05. The molecular weight excluding hydrogens is 574 g/mol. The Morgan fingerprint density at radius 1 is 1.00 bits per heavy atom. The minimum atomic E-state index is -3.83. The van der Waals surface area contributed by atoms with Crippen LogP contribution in [0.3, 0.4) is 0 Å². The van der Waals surface area contributed by atoms with Crippen molar-refractivity contribution in [2.24, 2.45) is 0 Å². The Labute approximate surface area is 256 Å². The molecule has 0 unspecified atom stereocenters. The maximum absolute atomic E-state index is 13.2. The lowest BCUT2D eigenvalue weighted by molar-refractivity contribution is 0.466. The van der Waals surface area contributed by atoms with E-state index in [1.54, 1.807) is 48.8 Å². The molecular formula is C33H31N7O3S. The highest BCUT2D eigenvalue weighted by Gasteiger charge is 2.19. The number of ether oxygens (including phenoxy) is 1. The number of hydrogen-bond acceptors (Lipinski definition) is 9. The molecule has 10 nitrogen and oxygen atoms in total. The maximum atomic E-state index is 13.2. The molecule has 3 aromatic carbocycles. The van der Waals surface area contributed by atoms with Gasteiger partial charge in [-0.2, -0.15) is 5.26 Å². The number of rotatable bonds is 9. The second-order valence-electron chi connectivity index (χ2n) is 10.7. The van der Waals surface area contributed by atoms with Gasteiger partial charge in [-0.1, -0.05) is 42.5 Å². The molecule has 1 aliphatic heterocycles. The quantitative estimate of drug-likeness (QED) is 0.191. The van der Waals surface area contributed by atoms with Crippen molar-refractivity contribution in [1.29, 1.82) is 5.26 Å². The van der Waals surface area contributed by atoms with Crippen molar-refractivity contribution in [3.63, 3.8) is 0 Å². The van der Waals surface area contributed by atoms with Gasteiger partial charge in [-0.3, -0.25) is 4.72 Å². The van der Waals surface area contributed by atoms with E-state index in [4.69, 9.17) is 9.72 Å². The number of anilines is 2. The van der Waals surface area contributed by atoms with Gasteiger partial charge in [-0.15, -0.1) is 0 Å². The van der Waals surface area contributed by atoms with Gasteiger partial charge in [0.05, 0.1) is 34.3 Å². The summed E-state index contributed by atoms with van der Waals surface area (Å²) in [5.41, 5.74) is 3.38. The lowest BCUT2D eigenvalue weighted by atomic mass is 10.0. The van der Waals surface area contributed by atoms with Crippen LogP contribution >= 0.6 is 0 Å². The zero-order chi connectivity index (χ0) is 30.5. The molecule has 3 heterocycles. The predicted molar refractivity (Wildman–Crippen MR) is 171 cm³/mol. The van der Waals surface area contributed by atoms with Crippen molar-refractivity contribution in [3.05, 3.63) is 102 Å². The van der Waals surface area contributed by atoms with Crippen LogP contribution in [-0.4, -0.2) is 42.5 Å². The second kappa shape index (κ2) is 12.7. The van der Waals surface area contributed by atoms with Gasteiger partial charge in [-0.25, -0.2) is 23.4 Å². The highest BCUT2D eigenvalue weighted by molar-refractivity contribution is 7.91. The summed E-state index contributed by atoms with van der Waals surface area (Å²) in [7, 11) is -3.83. The van der Waals surface area contributed by atoms with Crippen LogP contribution in [0.2, 0.25) is 0 Å². The predicted octanol–water partition coefficient (Wildman–Crippen LogP) is 5.77. The van der Waals surface area contributed by atoms with Gasteiger partial charge in [-0.05, 0) is 67.8 Å². The summed E-state index contributed by atoms with van der Waals surface area (Å²) in [6.45, 7) is 3.81. The molecule has 2 aromatic heterocycles. The number of nitriles is 1. The average molecular weight is 606 g/mol. The van der Waals surface area contributed by atoms with Crippen molar-refractivity contribution in [2.75, 3.05) is 23.1 Å². The lowest BCUT2D eigenvalue weighted by Crippen LogP contribution is -2.38. The zero-order valence-corrected chi connectivity index (χ0v) is 24.9. The van der Waals surface area contributed by atoms with Gasteiger partial charge < -0.3 is 15.4 Å². The van der Waals surface area contributed by atoms with Crippen LogP contribution in [0.25, 0.3) is 22.0 Å². The first-order chi connectivity index (χ1) is 21.4. The van der Waals surface area contributed by atoms with Gasteiger partial charge in [0.25, 0.3) is 0 Å². The molecule has 44 heavy (non-hydrogen) atoms. The van der Waals surface area contributed by atoms with E-state index >= 15 is 0 Å². The molecule has 0 saturated carbocycles. The molecule has 0 radical (unpaired) electrons. The second-order valence-corrected chi connectivity index (χ2v) is 12.4. The smallest absolute Gasteiger partial charge is 0.236 e. The fourth-order valence-electron chi connectivity index (χ4n) is 5.33. The minimum Gasteiger partial charge on any atom is -0.437 e. The monoisotopic (exact) mass is 605 g/mol. The molecule has 3 N–H and O–H groups in total. The number of aromatic nitrogens is 3. The molecule has 1 aliphatic rings. The molecule has 1 saturated heterocycles. The van der Waals surface area contributed by atoms with E-state index in [2.05, 4.69) is 31.4 Å². The zero-order valence-electron chi connectivity index (χ0n) is 24.1. The van der Waals surface area contributed by atoms with Crippen LogP contribution < -0.4 is 20.1 Å². The summed E-state index contributed by atoms with van der Waals surface area (Å²) in [6.07, 6.45) is 5.52. The Morgan fingerprint density at radius 2 is 1.89 bits per heavy atom. The Balaban J connectivity index is 1.30. The number of aryl methyl sites for hydroxylation is 1. The molecule has 6 rings (SSSR count). The molecule has 0 amide bonds. The molecule has 0 aliphatic carbocycles. The summed E-state index contributed by atoms with van der Waals surface area (Å²) in [5, 5.41) is 17.6. The molecule has 1 fully saturated rings. The van der Waals surface area contributed by atoms with E-state index in [9.17, 15) is 13.7 Å². The molecule has 222 valence electrons. The summed E-state index contributed by atoms with van der Waals surface area (Å²) >= 11 is 0. The SMILES string of the molecule is Cc1ccc2c(NS(=O)(=O)Cc3ccccc3C#N)cccc2c1Oc1ncccc1-c1ccnc(N[C@H]2CCCNC2)n1. The van der Waals surface area contributed by atoms with Crippen LogP contribution in [0, 0.1) is 18.3 Å². The van der Waals surface area contributed by atoms with E-state index in [1.165, 1.54) is 0 Å². The fourth-order valence-corrected chi connectivity index (χ4v) is 6.57. The minimum absolute atomic E-state index is 0.259. The first-order valence-electron chi connectivity index (χ1n) is 14.3. The molecule has 0 spiro atoms. The number of nitrogens with zero attached hydrogens (tertiary/aromatic N) is 4. The van der Waals surface area contributed by atoms with Gasteiger partial charge >= 0.3 is 0 Å². The largest absolute Gasteiger partial charge is 0.437 e. The van der Waals surface area contributed by atoms with Gasteiger partial charge in [0.2, 0.25) is 21.9 Å². The van der Waals surface area contributed by atoms with Crippen molar-refractivity contribution in [1.82, 2.24) is 20.3 Å². The normalized spacial score (nSPS) is 15.0. The summed E-state index contributed by atoms with van der Waals surface area (Å²) in [6, 6.07) is 23.6. The number of piperidine rings is 1. The fraction of sp³-hybridized carbons (Fsp3) is 0.212. The first kappa shape index (κ1) is 29.0. The van der Waals surface area contributed by atoms with Gasteiger partial charge in [0, 0.05) is 35.8 Å².